The quantitative estimate of drug-likeness (QED) is 0.700. The highest BCUT2D eigenvalue weighted by Gasteiger charge is 2.34. The highest BCUT2D eigenvalue weighted by molar-refractivity contribution is 7.91. The minimum Gasteiger partial charge on any atom is -0.383 e. The normalized spacial score (nSPS) is 23.2. The van der Waals surface area contributed by atoms with E-state index in [1.165, 1.54) is 0 Å². The topological polar surface area (TPSA) is 89.7 Å². The summed E-state index contributed by atoms with van der Waals surface area (Å²) in [5, 5.41) is 0. The molecule has 1 fully saturated rings. The van der Waals surface area contributed by atoms with Crippen LogP contribution in [0.4, 0.5) is 0 Å². The van der Waals surface area contributed by atoms with Gasteiger partial charge < -0.3 is 15.4 Å². The van der Waals surface area contributed by atoms with Crippen LogP contribution in [0.3, 0.4) is 0 Å². The van der Waals surface area contributed by atoms with Gasteiger partial charge in [0, 0.05) is 32.2 Å². The minimum absolute atomic E-state index is 0.0593. The third kappa shape index (κ3) is 5.08. The molecule has 1 rings (SSSR count). The lowest BCUT2D eigenvalue weighted by molar-refractivity contribution is -0.134. The Morgan fingerprint density at radius 1 is 1.53 bits per heavy atom. The first-order valence-electron chi connectivity index (χ1n) is 6.64. The smallest absolute Gasteiger partial charge is 0.224 e. The highest BCUT2D eigenvalue weighted by atomic mass is 32.2. The number of sulfone groups is 1. The van der Waals surface area contributed by atoms with Crippen molar-refractivity contribution in [1.29, 1.82) is 0 Å². The van der Waals surface area contributed by atoms with Gasteiger partial charge >= 0.3 is 0 Å². The van der Waals surface area contributed by atoms with Crippen LogP contribution in [-0.4, -0.2) is 63.1 Å². The largest absolute Gasteiger partial charge is 0.383 e. The van der Waals surface area contributed by atoms with Crippen molar-refractivity contribution in [3.63, 3.8) is 0 Å². The molecule has 0 aromatic heterocycles. The first-order valence-corrected chi connectivity index (χ1v) is 8.46. The van der Waals surface area contributed by atoms with Crippen molar-refractivity contribution in [2.75, 3.05) is 31.8 Å². The van der Waals surface area contributed by atoms with Crippen molar-refractivity contribution in [2.45, 2.75) is 38.3 Å². The minimum atomic E-state index is -3.00. The molecule has 0 radical (unpaired) electrons. The number of carbonyl (C=O) groups is 1. The number of hydrogen-bond donors (Lipinski definition) is 1. The zero-order valence-electron chi connectivity index (χ0n) is 11.7. The molecule has 0 spiro atoms. The molecule has 0 bridgehead atoms. The van der Waals surface area contributed by atoms with E-state index in [0.29, 0.717) is 19.6 Å². The van der Waals surface area contributed by atoms with E-state index in [1.807, 2.05) is 6.92 Å². The van der Waals surface area contributed by atoms with Gasteiger partial charge in [-0.15, -0.1) is 0 Å². The predicted octanol–water partition coefficient (Wildman–Crippen LogP) is -0.224. The average Bonchev–Trinajstić information content (AvgIpc) is 2.70. The van der Waals surface area contributed by atoms with Crippen LogP contribution in [0, 0.1) is 0 Å². The van der Waals surface area contributed by atoms with Crippen molar-refractivity contribution in [3.8, 4) is 0 Å². The predicted molar refractivity (Wildman–Crippen MR) is 73.5 cm³/mol. The summed E-state index contributed by atoms with van der Waals surface area (Å²) in [7, 11) is -1.44. The third-order valence-electron chi connectivity index (χ3n) is 3.47. The maximum absolute atomic E-state index is 12.2. The molecule has 2 N–H and O–H groups in total. The Hall–Kier alpha value is -0.660. The van der Waals surface area contributed by atoms with E-state index < -0.39 is 9.84 Å². The summed E-state index contributed by atoms with van der Waals surface area (Å²) in [6.45, 7) is 2.76. The summed E-state index contributed by atoms with van der Waals surface area (Å²) in [5.41, 5.74) is 5.80. The van der Waals surface area contributed by atoms with Gasteiger partial charge in [0.1, 0.15) is 0 Å². The highest BCUT2D eigenvalue weighted by Crippen LogP contribution is 2.19. The Morgan fingerprint density at radius 3 is 2.68 bits per heavy atom. The number of hydrogen-bond acceptors (Lipinski definition) is 5. The molecule has 0 aromatic carbocycles. The lowest BCUT2D eigenvalue weighted by Crippen LogP contribution is -2.45. The summed E-state index contributed by atoms with van der Waals surface area (Å²) in [5.74, 6) is 0.145. The zero-order valence-corrected chi connectivity index (χ0v) is 12.5. The Bertz CT molecular complexity index is 397. The number of amides is 1. The Labute approximate surface area is 115 Å². The molecule has 0 aromatic rings. The van der Waals surface area contributed by atoms with Crippen LogP contribution in [-0.2, 0) is 19.4 Å². The number of carbonyl (C=O) groups excluding carboxylic acids is 1. The molecule has 1 aliphatic rings. The summed E-state index contributed by atoms with van der Waals surface area (Å²) >= 11 is 0. The van der Waals surface area contributed by atoms with Crippen LogP contribution in [0.25, 0.3) is 0 Å². The SMILES string of the molecule is CCC(N)CC(=O)N(CCOC)C1CCS(=O)(=O)C1. The number of nitrogens with zero attached hydrogens (tertiary/aromatic N) is 1. The number of nitrogens with two attached hydrogens (primary N) is 1. The van der Waals surface area contributed by atoms with E-state index in [0.717, 1.165) is 6.42 Å². The molecular formula is C12H24N2O4S. The van der Waals surface area contributed by atoms with Gasteiger partial charge in [0.25, 0.3) is 0 Å². The van der Waals surface area contributed by atoms with Crippen molar-refractivity contribution < 1.29 is 17.9 Å². The molecule has 1 heterocycles. The standard InChI is InChI=1S/C12H24N2O4S/c1-3-10(13)8-12(15)14(5-6-18-2)11-4-7-19(16,17)9-11/h10-11H,3-9,13H2,1-2H3. The molecule has 112 valence electrons. The van der Waals surface area contributed by atoms with Gasteiger partial charge in [-0.05, 0) is 12.8 Å². The Balaban J connectivity index is 2.68. The van der Waals surface area contributed by atoms with Gasteiger partial charge in [-0.25, -0.2) is 8.42 Å². The van der Waals surface area contributed by atoms with Crippen LogP contribution in [0.15, 0.2) is 0 Å². The second-order valence-electron chi connectivity index (χ2n) is 5.01. The molecule has 1 saturated heterocycles. The van der Waals surface area contributed by atoms with Crippen LogP contribution < -0.4 is 5.73 Å². The van der Waals surface area contributed by atoms with Crippen LogP contribution in [0.2, 0.25) is 0 Å². The molecule has 19 heavy (non-hydrogen) atoms. The van der Waals surface area contributed by atoms with Gasteiger partial charge in [-0.3, -0.25) is 4.79 Å². The van der Waals surface area contributed by atoms with Crippen molar-refractivity contribution in [2.24, 2.45) is 5.73 Å². The van der Waals surface area contributed by atoms with Crippen LogP contribution >= 0.6 is 0 Å². The van der Waals surface area contributed by atoms with Gasteiger partial charge in [0.05, 0.1) is 18.1 Å². The first kappa shape index (κ1) is 16.4. The van der Waals surface area contributed by atoms with Crippen LogP contribution in [0.1, 0.15) is 26.2 Å². The monoisotopic (exact) mass is 292 g/mol. The van der Waals surface area contributed by atoms with Crippen molar-refractivity contribution >= 4 is 15.7 Å². The molecule has 2 atom stereocenters. The fourth-order valence-electron chi connectivity index (χ4n) is 2.21. The first-order chi connectivity index (χ1) is 8.89. The van der Waals surface area contributed by atoms with Crippen molar-refractivity contribution in [1.82, 2.24) is 4.90 Å². The second-order valence-corrected chi connectivity index (χ2v) is 7.24. The van der Waals surface area contributed by atoms with Gasteiger partial charge in [0.2, 0.25) is 5.91 Å². The van der Waals surface area contributed by atoms with Gasteiger partial charge in [0.15, 0.2) is 9.84 Å². The van der Waals surface area contributed by atoms with E-state index in [4.69, 9.17) is 10.5 Å². The molecule has 1 aliphatic heterocycles. The second kappa shape index (κ2) is 7.21. The number of ether oxygens (including phenoxy) is 1. The summed E-state index contributed by atoms with van der Waals surface area (Å²) < 4.78 is 28.0. The molecule has 1 amide bonds. The molecule has 2 unspecified atom stereocenters. The van der Waals surface area contributed by atoms with Crippen LogP contribution in [0.5, 0.6) is 0 Å². The fraction of sp³-hybridized carbons (Fsp3) is 0.917. The molecule has 0 aliphatic carbocycles. The summed E-state index contributed by atoms with van der Waals surface area (Å²) in [6.07, 6.45) is 1.50. The van der Waals surface area contributed by atoms with E-state index in [9.17, 15) is 13.2 Å². The maximum Gasteiger partial charge on any atom is 0.224 e. The Kier molecular flexibility index (Phi) is 6.22. The molecule has 0 saturated carbocycles. The van der Waals surface area contributed by atoms with Gasteiger partial charge in [-0.1, -0.05) is 6.92 Å². The lowest BCUT2D eigenvalue weighted by atomic mass is 10.1. The summed E-state index contributed by atoms with van der Waals surface area (Å²) in [4.78, 5) is 13.8. The van der Waals surface area contributed by atoms with Crippen molar-refractivity contribution in [3.05, 3.63) is 0 Å². The van der Waals surface area contributed by atoms with Gasteiger partial charge in [-0.2, -0.15) is 0 Å². The number of rotatable bonds is 7. The lowest BCUT2D eigenvalue weighted by Gasteiger charge is -2.29. The fourth-order valence-corrected chi connectivity index (χ4v) is 3.94. The third-order valence-corrected chi connectivity index (χ3v) is 5.22. The zero-order chi connectivity index (χ0) is 14.5. The van der Waals surface area contributed by atoms with E-state index >= 15 is 0 Å². The molecular weight excluding hydrogens is 268 g/mol. The summed E-state index contributed by atoms with van der Waals surface area (Å²) in [6, 6.07) is -0.396. The molecule has 6 nitrogen and oxygen atoms in total. The Morgan fingerprint density at radius 2 is 2.21 bits per heavy atom. The maximum atomic E-state index is 12.2. The van der Waals surface area contributed by atoms with E-state index in [1.54, 1.807) is 12.0 Å². The molecule has 7 heteroatoms. The van der Waals surface area contributed by atoms with E-state index in [2.05, 4.69) is 0 Å². The number of methoxy groups -OCH3 is 1. The van der Waals surface area contributed by atoms with E-state index in [-0.39, 0.29) is 35.9 Å². The average molecular weight is 292 g/mol.